The van der Waals surface area contributed by atoms with Crippen molar-refractivity contribution in [1.82, 2.24) is 0 Å². The fraction of sp³-hybridized carbons (Fsp3) is 0.294. The van der Waals surface area contributed by atoms with E-state index in [1.807, 2.05) is 18.2 Å². The van der Waals surface area contributed by atoms with Crippen molar-refractivity contribution in [3.63, 3.8) is 0 Å². The maximum absolute atomic E-state index is 6.09. The molecule has 0 aromatic heterocycles. The minimum absolute atomic E-state index is 0.625. The molecular weight excluding hydrogens is 240 g/mol. The van der Waals surface area contributed by atoms with Crippen LogP contribution in [-0.2, 0) is 0 Å². The zero-order valence-electron chi connectivity index (χ0n) is 11.0. The van der Waals surface area contributed by atoms with Crippen LogP contribution in [0.2, 0.25) is 5.02 Å². The number of halogens is 1. The van der Waals surface area contributed by atoms with Crippen LogP contribution < -0.4 is 0 Å². The summed E-state index contributed by atoms with van der Waals surface area (Å²) in [7, 11) is 0. The first-order valence-electron chi connectivity index (χ1n) is 6.61. The number of rotatable bonds is 4. The molecule has 2 aromatic carbocycles. The third-order valence-electron chi connectivity index (χ3n) is 3.52. The van der Waals surface area contributed by atoms with Crippen molar-refractivity contribution in [3.05, 3.63) is 59.1 Å². The summed E-state index contributed by atoms with van der Waals surface area (Å²) in [6, 6.07) is 16.8. The van der Waals surface area contributed by atoms with Gasteiger partial charge in [-0.3, -0.25) is 0 Å². The lowest BCUT2D eigenvalue weighted by atomic mass is 9.87. The van der Waals surface area contributed by atoms with Gasteiger partial charge in [0, 0.05) is 5.02 Å². The van der Waals surface area contributed by atoms with Crippen molar-refractivity contribution in [2.45, 2.75) is 32.6 Å². The molecule has 1 heteroatoms. The minimum Gasteiger partial charge on any atom is -0.0843 e. The Labute approximate surface area is 115 Å². The monoisotopic (exact) mass is 258 g/mol. The molecule has 94 valence electrons. The highest BCUT2D eigenvalue weighted by molar-refractivity contribution is 6.30. The molecule has 0 nitrogen and oxygen atoms in total. The summed E-state index contributed by atoms with van der Waals surface area (Å²) in [6.07, 6.45) is 2.35. The normalized spacial score (nSPS) is 10.9. The van der Waals surface area contributed by atoms with Gasteiger partial charge in [0.25, 0.3) is 0 Å². The predicted octanol–water partition coefficient (Wildman–Crippen LogP) is 5.91. The van der Waals surface area contributed by atoms with Gasteiger partial charge in [0.05, 0.1) is 0 Å². The minimum atomic E-state index is 0.625. The van der Waals surface area contributed by atoms with Gasteiger partial charge in [0.1, 0.15) is 0 Å². The summed E-state index contributed by atoms with van der Waals surface area (Å²) in [5, 5.41) is 0.798. The average molecular weight is 259 g/mol. The highest BCUT2D eigenvalue weighted by Crippen LogP contribution is 2.33. The summed E-state index contributed by atoms with van der Waals surface area (Å²) >= 11 is 6.09. The lowest BCUT2D eigenvalue weighted by Crippen LogP contribution is -1.98. The summed E-state index contributed by atoms with van der Waals surface area (Å²) in [6.45, 7) is 4.51. The van der Waals surface area contributed by atoms with Crippen LogP contribution in [0, 0.1) is 0 Å². The Morgan fingerprint density at radius 1 is 0.944 bits per heavy atom. The highest BCUT2D eigenvalue weighted by Gasteiger charge is 2.12. The fourth-order valence-electron chi connectivity index (χ4n) is 2.50. The molecule has 0 aliphatic carbocycles. The van der Waals surface area contributed by atoms with Crippen molar-refractivity contribution in [1.29, 1.82) is 0 Å². The average Bonchev–Trinajstić information content (AvgIpc) is 2.41. The van der Waals surface area contributed by atoms with Gasteiger partial charge in [-0.2, -0.15) is 0 Å². The Morgan fingerprint density at radius 2 is 1.67 bits per heavy atom. The van der Waals surface area contributed by atoms with E-state index in [-0.39, 0.29) is 0 Å². The van der Waals surface area contributed by atoms with E-state index in [1.54, 1.807) is 0 Å². The maximum atomic E-state index is 6.09. The molecule has 0 aliphatic heterocycles. The molecule has 0 saturated heterocycles. The molecule has 0 atom stereocenters. The van der Waals surface area contributed by atoms with Gasteiger partial charge in [-0.1, -0.05) is 61.8 Å². The summed E-state index contributed by atoms with van der Waals surface area (Å²) in [5.74, 6) is 0.625. The van der Waals surface area contributed by atoms with Crippen LogP contribution in [0.25, 0.3) is 11.1 Å². The van der Waals surface area contributed by atoms with Crippen molar-refractivity contribution in [2.75, 3.05) is 0 Å². The Morgan fingerprint density at radius 3 is 2.33 bits per heavy atom. The van der Waals surface area contributed by atoms with Crippen LogP contribution in [0.4, 0.5) is 0 Å². The number of benzene rings is 2. The molecule has 0 amide bonds. The van der Waals surface area contributed by atoms with Crippen LogP contribution in [0.15, 0.2) is 48.5 Å². The zero-order valence-corrected chi connectivity index (χ0v) is 11.7. The van der Waals surface area contributed by atoms with Crippen molar-refractivity contribution in [2.24, 2.45) is 0 Å². The van der Waals surface area contributed by atoms with Crippen LogP contribution in [0.5, 0.6) is 0 Å². The van der Waals surface area contributed by atoms with Gasteiger partial charge in [0.2, 0.25) is 0 Å². The first-order valence-corrected chi connectivity index (χ1v) is 6.99. The largest absolute Gasteiger partial charge is 0.0843 e. The first-order chi connectivity index (χ1) is 8.76. The first kappa shape index (κ1) is 13.2. The molecule has 2 aromatic rings. The molecule has 0 N–H and O–H groups in total. The zero-order chi connectivity index (χ0) is 13.0. The van der Waals surface area contributed by atoms with Gasteiger partial charge >= 0.3 is 0 Å². The second-order valence-corrected chi connectivity index (χ2v) is 5.05. The second kappa shape index (κ2) is 6.06. The van der Waals surface area contributed by atoms with E-state index < -0.39 is 0 Å². The van der Waals surface area contributed by atoms with E-state index in [0.717, 1.165) is 5.02 Å². The standard InChI is InChI=1S/C17H19Cl/c1-3-13(4-2)16-10-5-6-11-17(16)14-8-7-9-15(18)12-14/h5-13H,3-4H2,1-2H3. The van der Waals surface area contributed by atoms with Gasteiger partial charge < -0.3 is 0 Å². The summed E-state index contributed by atoms with van der Waals surface area (Å²) in [5.41, 5.74) is 3.96. The quantitative estimate of drug-likeness (QED) is 0.639. The van der Waals surface area contributed by atoms with Gasteiger partial charge in [0.15, 0.2) is 0 Å². The fourth-order valence-corrected chi connectivity index (χ4v) is 2.69. The molecule has 0 radical (unpaired) electrons. The van der Waals surface area contributed by atoms with E-state index in [9.17, 15) is 0 Å². The highest BCUT2D eigenvalue weighted by atomic mass is 35.5. The van der Waals surface area contributed by atoms with E-state index >= 15 is 0 Å². The van der Waals surface area contributed by atoms with E-state index in [4.69, 9.17) is 11.6 Å². The topological polar surface area (TPSA) is 0 Å². The number of hydrogen-bond acceptors (Lipinski definition) is 0. The van der Waals surface area contributed by atoms with Gasteiger partial charge in [-0.25, -0.2) is 0 Å². The lowest BCUT2D eigenvalue weighted by molar-refractivity contribution is 0.643. The Hall–Kier alpha value is -1.27. The molecule has 2 rings (SSSR count). The van der Waals surface area contributed by atoms with Crippen molar-refractivity contribution < 1.29 is 0 Å². The Kier molecular flexibility index (Phi) is 4.43. The molecule has 0 heterocycles. The van der Waals surface area contributed by atoms with E-state index in [1.165, 1.54) is 29.5 Å². The molecule has 0 bridgehead atoms. The molecule has 0 unspecified atom stereocenters. The molecule has 0 fully saturated rings. The van der Waals surface area contributed by atoms with Gasteiger partial charge in [-0.15, -0.1) is 0 Å². The molecule has 0 spiro atoms. The van der Waals surface area contributed by atoms with E-state index in [2.05, 4.69) is 44.2 Å². The van der Waals surface area contributed by atoms with Gasteiger partial charge in [-0.05, 0) is 47.6 Å². The van der Waals surface area contributed by atoms with Crippen molar-refractivity contribution >= 4 is 11.6 Å². The SMILES string of the molecule is CCC(CC)c1ccccc1-c1cccc(Cl)c1. The predicted molar refractivity (Wildman–Crippen MR) is 80.2 cm³/mol. The maximum Gasteiger partial charge on any atom is 0.0412 e. The Balaban J connectivity index is 2.51. The smallest absolute Gasteiger partial charge is 0.0412 e. The molecule has 0 saturated carbocycles. The summed E-state index contributed by atoms with van der Waals surface area (Å²) < 4.78 is 0. The number of hydrogen-bond donors (Lipinski definition) is 0. The third-order valence-corrected chi connectivity index (χ3v) is 3.76. The van der Waals surface area contributed by atoms with Crippen LogP contribution in [0.3, 0.4) is 0 Å². The molecular formula is C17H19Cl. The van der Waals surface area contributed by atoms with Crippen molar-refractivity contribution in [3.8, 4) is 11.1 Å². The van der Waals surface area contributed by atoms with Crippen LogP contribution in [0.1, 0.15) is 38.2 Å². The van der Waals surface area contributed by atoms with Crippen LogP contribution in [-0.4, -0.2) is 0 Å². The Bertz CT molecular complexity index is 513. The third kappa shape index (κ3) is 2.76. The summed E-state index contributed by atoms with van der Waals surface area (Å²) in [4.78, 5) is 0. The molecule has 18 heavy (non-hydrogen) atoms. The van der Waals surface area contributed by atoms with E-state index in [0.29, 0.717) is 5.92 Å². The molecule has 0 aliphatic rings. The lowest BCUT2D eigenvalue weighted by Gasteiger charge is -2.17. The second-order valence-electron chi connectivity index (χ2n) is 4.61. The van der Waals surface area contributed by atoms with Crippen LogP contribution >= 0.6 is 11.6 Å².